The summed E-state index contributed by atoms with van der Waals surface area (Å²) in [6.07, 6.45) is 3.06. The first kappa shape index (κ1) is 19.9. The number of nitrogens with zero attached hydrogens (tertiary/aromatic N) is 1. The minimum atomic E-state index is -0.261. The summed E-state index contributed by atoms with van der Waals surface area (Å²) in [4.78, 5) is 17.0. The number of aryl methyl sites for hydroxylation is 1. The molecule has 0 unspecified atom stereocenters. The summed E-state index contributed by atoms with van der Waals surface area (Å²) in [6.45, 7) is 2.48. The van der Waals surface area contributed by atoms with Gasteiger partial charge in [0.1, 0.15) is 5.01 Å². The molecule has 0 spiro atoms. The van der Waals surface area contributed by atoms with E-state index in [1.807, 2.05) is 36.6 Å². The van der Waals surface area contributed by atoms with Gasteiger partial charge in [-0.15, -0.1) is 36.2 Å². The van der Waals surface area contributed by atoms with Crippen LogP contribution in [0.15, 0.2) is 29.6 Å². The van der Waals surface area contributed by atoms with Gasteiger partial charge in [0.15, 0.2) is 0 Å². The lowest BCUT2D eigenvalue weighted by atomic mass is 9.77. The fourth-order valence-corrected chi connectivity index (χ4v) is 3.59. The normalized spacial score (nSPS) is 14.9. The minimum Gasteiger partial charge on any atom is -0.340 e. The quantitative estimate of drug-likeness (QED) is 0.860. The average molecular weight is 374 g/mol. The average Bonchev–Trinajstić information content (AvgIpc) is 2.89. The topological polar surface area (TPSA) is 68.0 Å². The monoisotopic (exact) mass is 373 g/mol. The van der Waals surface area contributed by atoms with Gasteiger partial charge in [-0.2, -0.15) is 0 Å². The SMILES string of the molecule is Cc1csc(C2(NC(=O)c3ccc(CN)cc3)CCC2)n1.Cl.Cl. The van der Waals surface area contributed by atoms with Gasteiger partial charge in [0.25, 0.3) is 5.91 Å². The molecule has 7 heteroatoms. The standard InChI is InChI=1S/C16H19N3OS.2ClH/c1-11-10-21-15(18-11)16(7-2-8-16)19-14(20)13-5-3-12(9-17)4-6-13;;/h3-6,10H,2,7-9,17H2,1H3,(H,19,20);2*1H. The lowest BCUT2D eigenvalue weighted by Crippen LogP contribution is -2.50. The van der Waals surface area contributed by atoms with Crippen LogP contribution in [-0.4, -0.2) is 10.9 Å². The molecule has 1 fully saturated rings. The van der Waals surface area contributed by atoms with Crippen LogP contribution >= 0.6 is 36.2 Å². The Morgan fingerprint density at radius 1 is 1.30 bits per heavy atom. The number of carbonyl (C=O) groups is 1. The van der Waals surface area contributed by atoms with Crippen molar-refractivity contribution in [3.05, 3.63) is 51.5 Å². The van der Waals surface area contributed by atoms with Crippen LogP contribution in [0.2, 0.25) is 0 Å². The first-order valence-corrected chi connectivity index (χ1v) is 8.05. The fourth-order valence-electron chi connectivity index (χ4n) is 2.58. The number of nitrogens with one attached hydrogen (secondary N) is 1. The second-order valence-electron chi connectivity index (χ2n) is 5.58. The predicted octanol–water partition coefficient (Wildman–Crippen LogP) is 3.56. The number of nitrogens with two attached hydrogens (primary N) is 1. The molecule has 2 aromatic rings. The van der Waals surface area contributed by atoms with Crippen molar-refractivity contribution in [2.24, 2.45) is 5.73 Å². The molecule has 1 aliphatic carbocycles. The van der Waals surface area contributed by atoms with Gasteiger partial charge in [0.2, 0.25) is 0 Å². The Kier molecular flexibility index (Phi) is 7.02. The summed E-state index contributed by atoms with van der Waals surface area (Å²) in [5.74, 6) is -0.0360. The van der Waals surface area contributed by atoms with Gasteiger partial charge < -0.3 is 11.1 Å². The molecule has 1 aliphatic rings. The van der Waals surface area contributed by atoms with E-state index in [1.165, 1.54) is 0 Å². The first-order valence-electron chi connectivity index (χ1n) is 7.17. The molecule has 4 nitrogen and oxygen atoms in total. The van der Waals surface area contributed by atoms with Crippen LogP contribution in [0.25, 0.3) is 0 Å². The van der Waals surface area contributed by atoms with Gasteiger partial charge >= 0.3 is 0 Å². The number of aromatic nitrogens is 1. The smallest absolute Gasteiger partial charge is 0.252 e. The van der Waals surface area contributed by atoms with Crippen molar-refractivity contribution in [2.45, 2.75) is 38.3 Å². The van der Waals surface area contributed by atoms with Crippen molar-refractivity contribution in [1.29, 1.82) is 0 Å². The number of amides is 1. The largest absolute Gasteiger partial charge is 0.340 e. The first-order chi connectivity index (χ1) is 10.1. The number of rotatable bonds is 4. The molecule has 1 saturated carbocycles. The van der Waals surface area contributed by atoms with Crippen molar-refractivity contribution < 1.29 is 4.79 Å². The highest BCUT2D eigenvalue weighted by Gasteiger charge is 2.42. The van der Waals surface area contributed by atoms with Gasteiger partial charge in [-0.25, -0.2) is 4.98 Å². The van der Waals surface area contributed by atoms with E-state index in [-0.39, 0.29) is 36.3 Å². The number of benzene rings is 1. The Balaban J connectivity index is 0.00000132. The van der Waals surface area contributed by atoms with Crippen LogP contribution in [0.3, 0.4) is 0 Å². The molecule has 126 valence electrons. The van der Waals surface area contributed by atoms with Gasteiger partial charge in [0, 0.05) is 23.2 Å². The Hall–Kier alpha value is -1.14. The third-order valence-corrected chi connectivity index (χ3v) is 5.20. The second-order valence-corrected chi connectivity index (χ2v) is 6.44. The summed E-state index contributed by atoms with van der Waals surface area (Å²) in [5.41, 5.74) is 8.04. The molecule has 23 heavy (non-hydrogen) atoms. The lowest BCUT2D eigenvalue weighted by Gasteiger charge is -2.40. The zero-order valence-electron chi connectivity index (χ0n) is 12.9. The highest BCUT2D eigenvalue weighted by Crippen LogP contribution is 2.42. The molecule has 0 saturated heterocycles. The molecule has 1 aromatic heterocycles. The number of hydrogen-bond acceptors (Lipinski definition) is 4. The van der Waals surface area contributed by atoms with E-state index in [1.54, 1.807) is 11.3 Å². The third-order valence-electron chi connectivity index (χ3n) is 4.04. The van der Waals surface area contributed by atoms with E-state index in [4.69, 9.17) is 5.73 Å². The van der Waals surface area contributed by atoms with Crippen LogP contribution in [0.5, 0.6) is 0 Å². The van der Waals surface area contributed by atoms with Gasteiger partial charge in [-0.3, -0.25) is 4.79 Å². The summed E-state index contributed by atoms with van der Waals surface area (Å²) in [6, 6.07) is 7.46. The maximum atomic E-state index is 12.5. The minimum absolute atomic E-state index is 0. The number of carbonyl (C=O) groups excluding carboxylic acids is 1. The van der Waals surface area contributed by atoms with Gasteiger partial charge in [0.05, 0.1) is 5.54 Å². The van der Waals surface area contributed by atoms with Crippen LogP contribution in [0.1, 0.15) is 45.9 Å². The molecule has 0 radical (unpaired) electrons. The van der Waals surface area contributed by atoms with Crippen molar-refractivity contribution in [3.8, 4) is 0 Å². The molecule has 1 heterocycles. The number of hydrogen-bond donors (Lipinski definition) is 2. The molecule has 1 aromatic carbocycles. The zero-order valence-corrected chi connectivity index (χ0v) is 15.3. The van der Waals surface area contributed by atoms with Crippen molar-refractivity contribution in [3.63, 3.8) is 0 Å². The molecule has 1 amide bonds. The van der Waals surface area contributed by atoms with E-state index < -0.39 is 0 Å². The molecular formula is C16H21Cl2N3OS. The predicted molar refractivity (Wildman–Crippen MR) is 98.7 cm³/mol. The maximum absolute atomic E-state index is 12.5. The highest BCUT2D eigenvalue weighted by molar-refractivity contribution is 7.09. The van der Waals surface area contributed by atoms with Crippen molar-refractivity contribution >= 4 is 42.1 Å². The van der Waals surface area contributed by atoms with E-state index in [9.17, 15) is 4.79 Å². The maximum Gasteiger partial charge on any atom is 0.252 e. The molecule has 3 N–H and O–H groups in total. The Morgan fingerprint density at radius 3 is 2.39 bits per heavy atom. The molecule has 0 bridgehead atoms. The second kappa shape index (κ2) is 8.11. The van der Waals surface area contributed by atoms with E-state index in [0.717, 1.165) is 35.5 Å². The van der Waals surface area contributed by atoms with Crippen LogP contribution in [-0.2, 0) is 12.1 Å². The number of halogens is 2. The highest BCUT2D eigenvalue weighted by atomic mass is 35.5. The Labute approximate surface area is 152 Å². The summed E-state index contributed by atoms with van der Waals surface area (Å²) in [7, 11) is 0. The summed E-state index contributed by atoms with van der Waals surface area (Å²) < 4.78 is 0. The van der Waals surface area contributed by atoms with Crippen molar-refractivity contribution in [2.75, 3.05) is 0 Å². The van der Waals surface area contributed by atoms with Crippen LogP contribution in [0.4, 0.5) is 0 Å². The van der Waals surface area contributed by atoms with Crippen LogP contribution < -0.4 is 11.1 Å². The summed E-state index contributed by atoms with van der Waals surface area (Å²) >= 11 is 1.63. The van der Waals surface area contributed by atoms with E-state index >= 15 is 0 Å². The molecule has 0 atom stereocenters. The summed E-state index contributed by atoms with van der Waals surface area (Å²) in [5, 5.41) is 6.26. The Morgan fingerprint density at radius 2 is 1.96 bits per heavy atom. The van der Waals surface area contributed by atoms with E-state index in [0.29, 0.717) is 12.1 Å². The number of thiazole rings is 1. The molecular weight excluding hydrogens is 353 g/mol. The van der Waals surface area contributed by atoms with E-state index in [2.05, 4.69) is 10.3 Å². The Bertz CT molecular complexity index is 654. The van der Waals surface area contributed by atoms with Gasteiger partial charge in [-0.1, -0.05) is 12.1 Å². The fraction of sp³-hybridized carbons (Fsp3) is 0.375. The molecule has 0 aliphatic heterocycles. The third kappa shape index (κ3) is 4.04. The van der Waals surface area contributed by atoms with Crippen molar-refractivity contribution in [1.82, 2.24) is 10.3 Å². The molecule has 3 rings (SSSR count). The lowest BCUT2D eigenvalue weighted by molar-refractivity contribution is 0.0822. The van der Waals surface area contributed by atoms with Crippen LogP contribution in [0, 0.1) is 6.92 Å². The van der Waals surface area contributed by atoms with Gasteiger partial charge in [-0.05, 0) is 43.9 Å². The zero-order chi connectivity index (χ0) is 14.9.